The van der Waals surface area contributed by atoms with E-state index in [2.05, 4.69) is 9.88 Å². The van der Waals surface area contributed by atoms with E-state index in [0.717, 1.165) is 0 Å². The number of rotatable bonds is 5. The van der Waals surface area contributed by atoms with Gasteiger partial charge in [-0.2, -0.15) is 0 Å². The largest absolute Gasteiger partial charge is 0.599 e. The smallest absolute Gasteiger partial charge is 0.0982 e. The standard InChI is InChI=1S/C2H10N4O4/c1-5(7)9-3-4-10-6(2)8/h3-6H,1-2H3. The predicted octanol–water partition coefficient (Wildman–Crippen LogP) is -4.20. The number of nitrogens with one attached hydrogen (secondary N) is 4. The molecular weight excluding hydrogens is 144 g/mol. The van der Waals surface area contributed by atoms with Crippen molar-refractivity contribution in [3.63, 3.8) is 0 Å². The van der Waals surface area contributed by atoms with Gasteiger partial charge in [0.2, 0.25) is 0 Å². The van der Waals surface area contributed by atoms with E-state index in [1.54, 1.807) is 0 Å². The summed E-state index contributed by atoms with van der Waals surface area (Å²) in [6, 6.07) is 0. The number of hydrazine groups is 1. The zero-order valence-electron chi connectivity index (χ0n) is 5.63. The van der Waals surface area contributed by atoms with Crippen molar-refractivity contribution in [1.82, 2.24) is 11.2 Å². The van der Waals surface area contributed by atoms with Crippen molar-refractivity contribution in [2.75, 3.05) is 14.1 Å². The molecule has 8 heteroatoms. The fourth-order valence-electron chi connectivity index (χ4n) is 0.185. The monoisotopic (exact) mass is 154 g/mol. The molecule has 0 rings (SSSR count). The number of hydrogen-bond acceptors (Lipinski definition) is 6. The number of hydroxylamine groups is 4. The first-order valence-electron chi connectivity index (χ1n) is 2.47. The van der Waals surface area contributed by atoms with Gasteiger partial charge >= 0.3 is 0 Å². The van der Waals surface area contributed by atoms with E-state index < -0.39 is 10.5 Å². The van der Waals surface area contributed by atoms with E-state index in [9.17, 15) is 10.4 Å². The molecule has 8 nitrogen and oxygen atoms in total. The van der Waals surface area contributed by atoms with Crippen LogP contribution in [0, 0.1) is 10.4 Å². The van der Waals surface area contributed by atoms with Crippen LogP contribution in [0.25, 0.3) is 0 Å². The number of quaternary nitrogens is 2. The van der Waals surface area contributed by atoms with E-state index in [4.69, 9.17) is 0 Å². The summed E-state index contributed by atoms with van der Waals surface area (Å²) in [6.07, 6.45) is 0. The van der Waals surface area contributed by atoms with Gasteiger partial charge in [-0.05, 0) is 0 Å². The summed E-state index contributed by atoms with van der Waals surface area (Å²) in [5.74, 6) is 0. The summed E-state index contributed by atoms with van der Waals surface area (Å²) in [5, 5.41) is 19.0. The summed E-state index contributed by atoms with van der Waals surface area (Å²) in [5.41, 5.74) is 3.75. The Balaban J connectivity index is 2.91. The van der Waals surface area contributed by atoms with Gasteiger partial charge in [0.05, 0.1) is 14.1 Å². The first kappa shape index (κ1) is 9.68. The maximum atomic E-state index is 10.0. The van der Waals surface area contributed by atoms with E-state index >= 15 is 0 Å². The summed E-state index contributed by atoms with van der Waals surface area (Å²) in [7, 11) is 2.39. The fourth-order valence-corrected chi connectivity index (χ4v) is 0.185. The Bertz CT molecular complexity index is 67.7. The second-order valence-electron chi connectivity index (χ2n) is 1.39. The highest BCUT2D eigenvalue weighted by Gasteiger charge is 1.88. The van der Waals surface area contributed by atoms with Crippen molar-refractivity contribution in [3.8, 4) is 0 Å². The molecule has 0 aliphatic rings. The van der Waals surface area contributed by atoms with Crippen molar-refractivity contribution < 1.29 is 20.3 Å². The van der Waals surface area contributed by atoms with Gasteiger partial charge in [-0.1, -0.05) is 21.1 Å². The Morgan fingerprint density at radius 2 is 1.30 bits per heavy atom. The lowest BCUT2D eigenvalue weighted by molar-refractivity contribution is -1.07. The van der Waals surface area contributed by atoms with Gasteiger partial charge in [0.1, 0.15) is 0 Å². The molecule has 0 radical (unpaired) electrons. The van der Waals surface area contributed by atoms with Crippen LogP contribution in [0.5, 0.6) is 0 Å². The van der Waals surface area contributed by atoms with Crippen molar-refractivity contribution in [2.24, 2.45) is 0 Å². The minimum absolute atomic E-state index is 0.542. The highest BCUT2D eigenvalue weighted by atomic mass is 17.0. The maximum absolute atomic E-state index is 10.0. The van der Waals surface area contributed by atoms with Crippen LogP contribution in [-0.2, 0) is 9.88 Å². The van der Waals surface area contributed by atoms with Crippen LogP contribution < -0.4 is 21.6 Å². The van der Waals surface area contributed by atoms with Crippen molar-refractivity contribution in [3.05, 3.63) is 10.4 Å². The lowest BCUT2D eigenvalue weighted by atomic mass is 11.5. The van der Waals surface area contributed by atoms with E-state index in [0.29, 0.717) is 0 Å². The average Bonchev–Trinajstić information content (AvgIpc) is 1.79. The molecular formula is C2H10N4O4. The van der Waals surface area contributed by atoms with E-state index in [1.807, 2.05) is 11.2 Å². The molecule has 0 aromatic heterocycles. The molecule has 0 heterocycles. The maximum Gasteiger partial charge on any atom is 0.0982 e. The normalized spacial score (nSPS) is 16.8. The molecule has 2 atom stereocenters. The van der Waals surface area contributed by atoms with Gasteiger partial charge in [0.25, 0.3) is 0 Å². The molecule has 0 spiro atoms. The van der Waals surface area contributed by atoms with Gasteiger partial charge in [-0.3, -0.25) is 0 Å². The molecule has 0 saturated carbocycles. The Kier molecular flexibility index (Phi) is 5.29. The van der Waals surface area contributed by atoms with Crippen molar-refractivity contribution in [1.29, 1.82) is 0 Å². The fraction of sp³-hybridized carbons (Fsp3) is 1.00. The third kappa shape index (κ3) is 7.68. The molecule has 0 fully saturated rings. The first-order valence-corrected chi connectivity index (χ1v) is 2.47. The van der Waals surface area contributed by atoms with Crippen molar-refractivity contribution >= 4 is 0 Å². The molecule has 0 aliphatic carbocycles. The number of hydrogen-bond donors (Lipinski definition) is 4. The van der Waals surface area contributed by atoms with Gasteiger partial charge in [0, 0.05) is 0 Å². The minimum Gasteiger partial charge on any atom is -0.599 e. The molecule has 0 saturated heterocycles. The van der Waals surface area contributed by atoms with Crippen LogP contribution in [-0.4, -0.2) is 14.1 Å². The quantitative estimate of drug-likeness (QED) is 0.237. The zero-order valence-corrected chi connectivity index (χ0v) is 5.63. The zero-order chi connectivity index (χ0) is 7.98. The van der Waals surface area contributed by atoms with Gasteiger partial charge in [-0.25, -0.2) is 10.5 Å². The molecule has 0 bridgehead atoms. The molecule has 0 aromatic rings. The second kappa shape index (κ2) is 5.46. The highest BCUT2D eigenvalue weighted by molar-refractivity contribution is 3.85. The Morgan fingerprint density at radius 1 is 1.00 bits per heavy atom. The topological polar surface area (TPSA) is 97.5 Å². The Labute approximate surface area is 57.2 Å². The summed E-state index contributed by atoms with van der Waals surface area (Å²) < 4.78 is 0. The van der Waals surface area contributed by atoms with E-state index in [-0.39, 0.29) is 0 Å². The molecule has 2 unspecified atom stereocenters. The lowest BCUT2D eigenvalue weighted by Gasteiger charge is -2.15. The first-order chi connectivity index (χ1) is 4.63. The van der Waals surface area contributed by atoms with Crippen molar-refractivity contribution in [2.45, 2.75) is 0 Å². The third-order valence-electron chi connectivity index (χ3n) is 0.431. The third-order valence-corrected chi connectivity index (χ3v) is 0.431. The molecule has 10 heavy (non-hydrogen) atoms. The van der Waals surface area contributed by atoms with Crippen LogP contribution in [0.4, 0.5) is 0 Å². The van der Waals surface area contributed by atoms with Crippen LogP contribution >= 0.6 is 0 Å². The molecule has 4 N–H and O–H groups in total. The van der Waals surface area contributed by atoms with Gasteiger partial charge in [-0.15, -0.1) is 0 Å². The van der Waals surface area contributed by atoms with Crippen LogP contribution in [0.3, 0.4) is 0 Å². The van der Waals surface area contributed by atoms with E-state index in [1.165, 1.54) is 14.1 Å². The summed E-state index contributed by atoms with van der Waals surface area (Å²) in [6.45, 7) is 0. The Hall–Kier alpha value is -0.320. The summed E-state index contributed by atoms with van der Waals surface area (Å²) in [4.78, 5) is 8.23. The predicted molar refractivity (Wildman–Crippen MR) is 28.9 cm³/mol. The van der Waals surface area contributed by atoms with Crippen LogP contribution in [0.15, 0.2) is 0 Å². The van der Waals surface area contributed by atoms with Gasteiger partial charge < -0.3 is 10.4 Å². The van der Waals surface area contributed by atoms with Crippen LogP contribution in [0.1, 0.15) is 0 Å². The van der Waals surface area contributed by atoms with Gasteiger partial charge in [0.15, 0.2) is 0 Å². The SMILES string of the molecule is C[NH+]([O-])ONNO[NH+](C)[O-]. The summed E-state index contributed by atoms with van der Waals surface area (Å²) >= 11 is 0. The minimum atomic E-state index is -0.542. The molecule has 0 aromatic carbocycles. The van der Waals surface area contributed by atoms with Crippen LogP contribution in [0.2, 0.25) is 0 Å². The molecule has 0 amide bonds. The lowest BCUT2D eigenvalue weighted by Crippen LogP contribution is -3.06. The molecule has 62 valence electrons. The highest BCUT2D eigenvalue weighted by Crippen LogP contribution is 1.38. The Morgan fingerprint density at radius 3 is 1.50 bits per heavy atom. The second-order valence-corrected chi connectivity index (χ2v) is 1.39. The average molecular weight is 154 g/mol. The molecule has 0 aliphatic heterocycles.